The zero-order chi connectivity index (χ0) is 23.3. The van der Waals surface area contributed by atoms with Crippen molar-refractivity contribution in [3.8, 4) is 5.75 Å². The van der Waals surface area contributed by atoms with Crippen LogP contribution < -0.4 is 10.3 Å². The maximum atomic E-state index is 13.0. The predicted molar refractivity (Wildman–Crippen MR) is 126 cm³/mol. The van der Waals surface area contributed by atoms with E-state index in [0.717, 1.165) is 24.1 Å². The van der Waals surface area contributed by atoms with Gasteiger partial charge in [0, 0.05) is 20.1 Å². The summed E-state index contributed by atoms with van der Waals surface area (Å²) in [6, 6.07) is 7.21. The number of fused-ring (bicyclic) bond motifs is 1. The van der Waals surface area contributed by atoms with E-state index < -0.39 is 12.1 Å². The second kappa shape index (κ2) is 12.5. The van der Waals surface area contributed by atoms with Crippen molar-refractivity contribution in [1.29, 1.82) is 0 Å². The first-order valence-electron chi connectivity index (χ1n) is 10.8. The third kappa shape index (κ3) is 6.56. The van der Waals surface area contributed by atoms with Crippen molar-refractivity contribution < 1.29 is 19.4 Å². The van der Waals surface area contributed by atoms with Gasteiger partial charge in [-0.3, -0.25) is 14.0 Å². The average molecular weight is 483 g/mol. The summed E-state index contributed by atoms with van der Waals surface area (Å²) in [5.74, 6) is 0.291. The van der Waals surface area contributed by atoms with Gasteiger partial charge in [-0.1, -0.05) is 25.5 Å². The van der Waals surface area contributed by atoms with Crippen molar-refractivity contribution >= 4 is 54.7 Å². The van der Waals surface area contributed by atoms with Crippen LogP contribution in [0.3, 0.4) is 0 Å². The van der Waals surface area contributed by atoms with Crippen molar-refractivity contribution in [3.05, 3.63) is 51.7 Å². The molecular formula is C23H30CaN4O5+2. The number of carboxylic acids is 1. The van der Waals surface area contributed by atoms with Gasteiger partial charge in [-0.05, 0) is 38.0 Å². The maximum Gasteiger partial charge on any atom is 2.00 e. The van der Waals surface area contributed by atoms with Gasteiger partial charge >= 0.3 is 43.7 Å². The molecule has 172 valence electrons. The van der Waals surface area contributed by atoms with Gasteiger partial charge in [0.1, 0.15) is 23.7 Å². The van der Waals surface area contributed by atoms with E-state index in [-0.39, 0.29) is 49.7 Å². The van der Waals surface area contributed by atoms with Crippen LogP contribution in [-0.2, 0) is 36.0 Å². The largest absolute Gasteiger partial charge is 2.00 e. The minimum Gasteiger partial charge on any atom is -0.492 e. The minimum absolute atomic E-state index is 0. The van der Waals surface area contributed by atoms with Gasteiger partial charge in [0.2, 0.25) is 0 Å². The molecule has 1 unspecified atom stereocenters. The summed E-state index contributed by atoms with van der Waals surface area (Å²) in [5.41, 5.74) is 2.75. The third-order valence-electron chi connectivity index (χ3n) is 5.26. The van der Waals surface area contributed by atoms with Gasteiger partial charge in [0.15, 0.2) is 11.6 Å². The van der Waals surface area contributed by atoms with Crippen molar-refractivity contribution in [1.82, 2.24) is 19.3 Å². The van der Waals surface area contributed by atoms with Gasteiger partial charge in [-0.15, -0.1) is 0 Å². The summed E-state index contributed by atoms with van der Waals surface area (Å²) in [6.07, 6.45) is 1.14. The SMILES string of the molecule is CCCc1nn(C)c2c(=O)n(CCOc3ccc(CC(OCC)C(=O)O)cc3)c(C)nc12.[Ca+2]. The summed E-state index contributed by atoms with van der Waals surface area (Å²) < 4.78 is 14.3. The Hall–Kier alpha value is -1.94. The molecule has 3 aromatic rings. The molecule has 0 saturated heterocycles. The van der Waals surface area contributed by atoms with E-state index in [1.54, 1.807) is 35.4 Å². The van der Waals surface area contributed by atoms with Crippen LogP contribution in [0.2, 0.25) is 0 Å². The number of aliphatic carboxylic acids is 1. The van der Waals surface area contributed by atoms with Gasteiger partial charge in [0.05, 0.1) is 12.2 Å². The predicted octanol–water partition coefficient (Wildman–Crippen LogP) is 2.12. The number of benzene rings is 1. The first kappa shape index (κ1) is 27.3. The van der Waals surface area contributed by atoms with Crippen LogP contribution in [0.5, 0.6) is 5.75 Å². The Morgan fingerprint density at radius 1 is 1.21 bits per heavy atom. The summed E-state index contributed by atoms with van der Waals surface area (Å²) in [6.45, 7) is 6.65. The molecule has 1 N–H and O–H groups in total. The number of carboxylic acid groups (broad SMARTS) is 1. The molecular weight excluding hydrogens is 452 g/mol. The zero-order valence-electron chi connectivity index (χ0n) is 19.7. The number of rotatable bonds is 11. The van der Waals surface area contributed by atoms with Gasteiger partial charge in [0.25, 0.3) is 5.56 Å². The first-order chi connectivity index (χ1) is 15.3. The molecule has 1 atom stereocenters. The molecule has 0 aliphatic heterocycles. The van der Waals surface area contributed by atoms with Gasteiger partial charge in [-0.25, -0.2) is 9.78 Å². The van der Waals surface area contributed by atoms with Crippen LogP contribution in [0.15, 0.2) is 29.1 Å². The Bertz CT molecular complexity index is 1140. The number of nitrogens with zero attached hydrogens (tertiary/aromatic N) is 4. The molecule has 0 saturated carbocycles. The molecule has 2 aromatic heterocycles. The van der Waals surface area contributed by atoms with Crippen LogP contribution in [0.25, 0.3) is 11.0 Å². The maximum absolute atomic E-state index is 13.0. The fourth-order valence-electron chi connectivity index (χ4n) is 3.70. The second-order valence-electron chi connectivity index (χ2n) is 7.61. The standard InChI is InChI=1S/C23H30N4O5.Ca/c1-5-7-18-20-21(26(4)25-18)22(28)27(15(3)24-20)12-13-32-17-10-8-16(9-11-17)14-19(23(29)30)31-6-2;/h8-11,19H,5-7,12-14H2,1-4H3,(H,29,30);/q;+2. The topological polar surface area (TPSA) is 108 Å². The number of ether oxygens (including phenoxy) is 2. The first-order valence-corrected chi connectivity index (χ1v) is 10.8. The van der Waals surface area contributed by atoms with Crippen molar-refractivity contribution in [2.24, 2.45) is 7.05 Å². The van der Waals surface area contributed by atoms with E-state index in [1.165, 1.54) is 0 Å². The Kier molecular flexibility index (Phi) is 10.3. The molecule has 0 aliphatic rings. The summed E-state index contributed by atoms with van der Waals surface area (Å²) in [7, 11) is 1.77. The van der Waals surface area contributed by atoms with Crippen LogP contribution in [0, 0.1) is 6.92 Å². The van der Waals surface area contributed by atoms with E-state index in [9.17, 15) is 14.7 Å². The molecule has 2 heterocycles. The van der Waals surface area contributed by atoms with Crippen LogP contribution in [-0.4, -0.2) is 87.5 Å². The number of aryl methyl sites for hydroxylation is 3. The van der Waals surface area contributed by atoms with E-state index in [4.69, 9.17) is 9.47 Å². The molecule has 9 nitrogen and oxygen atoms in total. The normalized spacial score (nSPS) is 11.9. The summed E-state index contributed by atoms with van der Waals surface area (Å²) in [5, 5.41) is 13.7. The molecule has 1 aromatic carbocycles. The number of hydrogen-bond acceptors (Lipinski definition) is 6. The Balaban J connectivity index is 0.00000385. The van der Waals surface area contributed by atoms with Gasteiger partial charge < -0.3 is 14.6 Å². The number of hydrogen-bond donors (Lipinski definition) is 1. The monoisotopic (exact) mass is 482 g/mol. The van der Waals surface area contributed by atoms with Crippen molar-refractivity contribution in [2.75, 3.05) is 13.2 Å². The van der Waals surface area contributed by atoms with Crippen LogP contribution >= 0.6 is 0 Å². The van der Waals surface area contributed by atoms with E-state index in [2.05, 4.69) is 17.0 Å². The van der Waals surface area contributed by atoms with E-state index >= 15 is 0 Å². The molecule has 0 radical (unpaired) electrons. The third-order valence-corrected chi connectivity index (χ3v) is 5.26. The fourth-order valence-corrected chi connectivity index (χ4v) is 3.70. The quantitative estimate of drug-likeness (QED) is 0.417. The molecule has 3 rings (SSSR count). The van der Waals surface area contributed by atoms with Crippen LogP contribution in [0.4, 0.5) is 0 Å². The second-order valence-corrected chi connectivity index (χ2v) is 7.61. The molecule has 10 heteroatoms. The Labute approximate surface area is 222 Å². The number of aromatic nitrogens is 4. The molecule has 0 amide bonds. The van der Waals surface area contributed by atoms with Crippen molar-refractivity contribution in [2.45, 2.75) is 52.7 Å². The fraction of sp³-hybridized carbons (Fsp3) is 0.478. The molecule has 0 aliphatic carbocycles. The Morgan fingerprint density at radius 3 is 2.52 bits per heavy atom. The molecule has 0 spiro atoms. The molecule has 0 fully saturated rings. The zero-order valence-corrected chi connectivity index (χ0v) is 21.9. The van der Waals surface area contributed by atoms with Crippen molar-refractivity contribution in [3.63, 3.8) is 0 Å². The summed E-state index contributed by atoms with van der Waals surface area (Å²) >= 11 is 0. The smallest absolute Gasteiger partial charge is 0.492 e. The van der Waals surface area contributed by atoms with Crippen LogP contribution in [0.1, 0.15) is 37.4 Å². The van der Waals surface area contributed by atoms with Gasteiger partial charge in [-0.2, -0.15) is 5.10 Å². The summed E-state index contributed by atoms with van der Waals surface area (Å²) in [4.78, 5) is 28.9. The molecule has 33 heavy (non-hydrogen) atoms. The number of carbonyl (C=O) groups is 1. The average Bonchev–Trinajstić information content (AvgIpc) is 3.06. The molecule has 0 bridgehead atoms. The van der Waals surface area contributed by atoms with E-state index in [1.807, 2.05) is 19.1 Å². The Morgan fingerprint density at radius 2 is 1.91 bits per heavy atom. The minimum atomic E-state index is -0.978. The van der Waals surface area contributed by atoms with E-state index in [0.29, 0.717) is 42.4 Å².